The van der Waals surface area contributed by atoms with E-state index >= 15 is 0 Å². The number of hydrogen-bond donors (Lipinski definition) is 1. The van der Waals surface area contributed by atoms with Crippen LogP contribution >= 0.6 is 0 Å². The standard InChI is InChI=1S/C13H24N2O/c1-16-12-5-13(6-12,9-14)15-7-10-3-2-4-11(10)8-15/h10-12H,2-9,14H2,1H3. The van der Waals surface area contributed by atoms with Crippen molar-refractivity contribution >= 4 is 0 Å². The maximum atomic E-state index is 6.02. The molecule has 2 atom stereocenters. The Kier molecular flexibility index (Phi) is 2.73. The predicted octanol–water partition coefficient (Wildman–Crippen LogP) is 1.22. The summed E-state index contributed by atoms with van der Waals surface area (Å²) in [6.07, 6.45) is 7.13. The molecular weight excluding hydrogens is 200 g/mol. The third-order valence-electron chi connectivity index (χ3n) is 5.33. The van der Waals surface area contributed by atoms with Crippen molar-refractivity contribution in [3.05, 3.63) is 0 Å². The van der Waals surface area contributed by atoms with Gasteiger partial charge in [0.1, 0.15) is 0 Å². The van der Waals surface area contributed by atoms with Gasteiger partial charge in [0.05, 0.1) is 6.10 Å². The zero-order valence-electron chi connectivity index (χ0n) is 10.3. The molecule has 3 aliphatic rings. The number of nitrogens with two attached hydrogens (primary N) is 1. The molecule has 16 heavy (non-hydrogen) atoms. The zero-order chi connectivity index (χ0) is 11.2. The highest BCUT2D eigenvalue weighted by atomic mass is 16.5. The van der Waals surface area contributed by atoms with Crippen LogP contribution in [0.1, 0.15) is 32.1 Å². The third kappa shape index (κ3) is 1.52. The Hall–Kier alpha value is -0.120. The minimum atomic E-state index is 0.297. The summed E-state index contributed by atoms with van der Waals surface area (Å²) >= 11 is 0. The van der Waals surface area contributed by atoms with E-state index < -0.39 is 0 Å². The molecule has 2 saturated carbocycles. The molecule has 1 aliphatic heterocycles. The fourth-order valence-electron chi connectivity index (χ4n) is 4.13. The van der Waals surface area contributed by atoms with Crippen molar-refractivity contribution < 1.29 is 4.74 Å². The van der Waals surface area contributed by atoms with E-state index in [1.54, 1.807) is 0 Å². The smallest absolute Gasteiger partial charge is 0.0607 e. The lowest BCUT2D eigenvalue weighted by Crippen LogP contribution is -2.63. The van der Waals surface area contributed by atoms with Gasteiger partial charge in [-0.15, -0.1) is 0 Å². The molecule has 0 bridgehead atoms. The fraction of sp³-hybridized carbons (Fsp3) is 1.00. The molecule has 0 radical (unpaired) electrons. The summed E-state index contributed by atoms with van der Waals surface area (Å²) in [5, 5.41) is 0. The summed E-state index contributed by atoms with van der Waals surface area (Å²) in [4.78, 5) is 2.69. The van der Waals surface area contributed by atoms with Crippen molar-refractivity contribution in [1.29, 1.82) is 0 Å². The highest BCUT2D eigenvalue weighted by molar-refractivity contribution is 5.07. The van der Waals surface area contributed by atoms with Crippen molar-refractivity contribution in [3.63, 3.8) is 0 Å². The van der Waals surface area contributed by atoms with Crippen LogP contribution in [0.3, 0.4) is 0 Å². The SMILES string of the molecule is COC1CC(CN)(N2CC3CCCC3C2)C1. The molecular formula is C13H24N2O. The first-order chi connectivity index (χ1) is 7.77. The maximum absolute atomic E-state index is 6.02. The molecule has 3 nitrogen and oxygen atoms in total. The Morgan fingerprint density at radius 1 is 1.25 bits per heavy atom. The molecule has 1 saturated heterocycles. The highest BCUT2D eigenvalue weighted by Gasteiger charge is 2.51. The first-order valence-corrected chi connectivity index (χ1v) is 6.75. The van der Waals surface area contributed by atoms with E-state index in [1.165, 1.54) is 32.4 Å². The lowest BCUT2D eigenvalue weighted by atomic mass is 9.73. The van der Waals surface area contributed by atoms with Crippen LogP contribution in [0, 0.1) is 11.8 Å². The number of hydrogen-bond acceptors (Lipinski definition) is 3. The van der Waals surface area contributed by atoms with Gasteiger partial charge in [-0.1, -0.05) is 6.42 Å². The average molecular weight is 224 g/mol. The molecule has 0 aromatic carbocycles. The van der Waals surface area contributed by atoms with E-state index in [1.807, 2.05) is 7.11 Å². The summed E-state index contributed by atoms with van der Waals surface area (Å²) in [6, 6.07) is 0. The fourth-order valence-corrected chi connectivity index (χ4v) is 4.13. The number of methoxy groups -OCH3 is 1. The summed E-state index contributed by atoms with van der Waals surface area (Å²) in [6.45, 7) is 3.42. The molecule has 2 aliphatic carbocycles. The van der Waals surface area contributed by atoms with Gasteiger partial charge in [0, 0.05) is 32.3 Å². The third-order valence-corrected chi connectivity index (χ3v) is 5.33. The molecule has 3 fully saturated rings. The second kappa shape index (κ2) is 3.97. The molecule has 1 heterocycles. The van der Waals surface area contributed by atoms with Gasteiger partial charge in [-0.2, -0.15) is 0 Å². The topological polar surface area (TPSA) is 38.5 Å². The Labute approximate surface area is 98.3 Å². The lowest BCUT2D eigenvalue weighted by molar-refractivity contribution is -0.0817. The van der Waals surface area contributed by atoms with Gasteiger partial charge in [0.2, 0.25) is 0 Å². The van der Waals surface area contributed by atoms with E-state index in [0.29, 0.717) is 11.6 Å². The summed E-state index contributed by atoms with van der Waals surface area (Å²) < 4.78 is 5.41. The van der Waals surface area contributed by atoms with Crippen molar-refractivity contribution in [3.8, 4) is 0 Å². The Morgan fingerprint density at radius 2 is 1.88 bits per heavy atom. The van der Waals surface area contributed by atoms with Crippen molar-refractivity contribution in [2.45, 2.75) is 43.7 Å². The molecule has 2 N–H and O–H groups in total. The number of nitrogens with zero attached hydrogens (tertiary/aromatic N) is 1. The van der Waals surface area contributed by atoms with Crippen LogP contribution in [0.25, 0.3) is 0 Å². The van der Waals surface area contributed by atoms with Gasteiger partial charge in [0.25, 0.3) is 0 Å². The van der Waals surface area contributed by atoms with Crippen LogP contribution in [0.5, 0.6) is 0 Å². The van der Waals surface area contributed by atoms with Crippen LogP contribution < -0.4 is 5.73 Å². The van der Waals surface area contributed by atoms with Crippen LogP contribution in [0.2, 0.25) is 0 Å². The highest BCUT2D eigenvalue weighted by Crippen LogP contribution is 2.46. The average Bonchev–Trinajstić information content (AvgIpc) is 2.77. The van der Waals surface area contributed by atoms with Crippen LogP contribution in [0.15, 0.2) is 0 Å². The van der Waals surface area contributed by atoms with Gasteiger partial charge in [-0.3, -0.25) is 4.90 Å². The van der Waals surface area contributed by atoms with Gasteiger partial charge < -0.3 is 10.5 Å². The normalized spacial score (nSPS) is 48.0. The number of fused-ring (bicyclic) bond motifs is 1. The van der Waals surface area contributed by atoms with E-state index in [0.717, 1.165) is 31.2 Å². The van der Waals surface area contributed by atoms with Crippen molar-refractivity contribution in [1.82, 2.24) is 4.90 Å². The number of rotatable bonds is 3. The van der Waals surface area contributed by atoms with Gasteiger partial charge in [-0.25, -0.2) is 0 Å². The molecule has 3 rings (SSSR count). The summed E-state index contributed by atoms with van der Waals surface area (Å²) in [7, 11) is 1.82. The van der Waals surface area contributed by atoms with E-state index in [2.05, 4.69) is 4.90 Å². The van der Waals surface area contributed by atoms with Crippen LogP contribution in [-0.2, 0) is 4.74 Å². The molecule has 0 aromatic heterocycles. The second-order valence-electron chi connectivity index (χ2n) is 6.05. The molecule has 0 spiro atoms. The van der Waals surface area contributed by atoms with E-state index in [9.17, 15) is 0 Å². The Bertz CT molecular complexity index is 251. The van der Waals surface area contributed by atoms with E-state index in [4.69, 9.17) is 10.5 Å². The van der Waals surface area contributed by atoms with Crippen LogP contribution in [-0.4, -0.2) is 43.3 Å². The Balaban J connectivity index is 1.64. The van der Waals surface area contributed by atoms with Crippen molar-refractivity contribution in [2.24, 2.45) is 17.6 Å². The summed E-state index contributed by atoms with van der Waals surface area (Å²) in [5.41, 5.74) is 6.32. The molecule has 0 aromatic rings. The van der Waals surface area contributed by atoms with E-state index in [-0.39, 0.29) is 0 Å². The first kappa shape index (κ1) is 11.0. The predicted molar refractivity (Wildman–Crippen MR) is 64.2 cm³/mol. The van der Waals surface area contributed by atoms with Gasteiger partial charge >= 0.3 is 0 Å². The largest absolute Gasteiger partial charge is 0.381 e. The number of ether oxygens (including phenoxy) is 1. The van der Waals surface area contributed by atoms with Crippen LogP contribution in [0.4, 0.5) is 0 Å². The van der Waals surface area contributed by atoms with Gasteiger partial charge in [-0.05, 0) is 37.5 Å². The zero-order valence-corrected chi connectivity index (χ0v) is 10.3. The molecule has 2 unspecified atom stereocenters. The second-order valence-corrected chi connectivity index (χ2v) is 6.05. The molecule has 0 amide bonds. The quantitative estimate of drug-likeness (QED) is 0.783. The molecule has 92 valence electrons. The minimum Gasteiger partial charge on any atom is -0.381 e. The van der Waals surface area contributed by atoms with Crippen molar-refractivity contribution in [2.75, 3.05) is 26.7 Å². The number of likely N-dealkylation sites (tertiary alicyclic amines) is 1. The Morgan fingerprint density at radius 3 is 2.38 bits per heavy atom. The monoisotopic (exact) mass is 224 g/mol. The maximum Gasteiger partial charge on any atom is 0.0607 e. The van der Waals surface area contributed by atoms with Gasteiger partial charge in [0.15, 0.2) is 0 Å². The lowest BCUT2D eigenvalue weighted by Gasteiger charge is -2.52. The molecule has 3 heteroatoms. The first-order valence-electron chi connectivity index (χ1n) is 6.75. The summed E-state index contributed by atoms with van der Waals surface area (Å²) in [5.74, 6) is 1.95. The minimum absolute atomic E-state index is 0.297.